The Bertz CT molecular complexity index is 582. The van der Waals surface area contributed by atoms with Crippen molar-refractivity contribution in [3.63, 3.8) is 0 Å². The molecule has 1 aromatic carbocycles. The molecule has 0 amide bonds. The number of hydrogen-bond acceptors (Lipinski definition) is 3. The number of likely N-dealkylation sites (N-methyl/N-ethyl adjacent to an activating group) is 1. The van der Waals surface area contributed by atoms with Gasteiger partial charge in [0.05, 0.1) is 17.6 Å². The standard InChI is InChI=1S/C16H24ClN3O/c1-13-5-4-6-14-16(13)20(15(18-14)7-8-17)10-9-19(2)11-12-21-3/h4-6H,7-12H2,1-3H3. The van der Waals surface area contributed by atoms with Crippen LogP contribution in [0.3, 0.4) is 0 Å². The zero-order chi connectivity index (χ0) is 15.2. The molecule has 0 aliphatic rings. The molecule has 116 valence electrons. The minimum absolute atomic E-state index is 0.599. The van der Waals surface area contributed by atoms with E-state index in [1.165, 1.54) is 11.1 Å². The van der Waals surface area contributed by atoms with Gasteiger partial charge in [-0.1, -0.05) is 12.1 Å². The number of methoxy groups -OCH3 is 1. The lowest BCUT2D eigenvalue weighted by atomic mass is 10.2. The van der Waals surface area contributed by atoms with Crippen LogP contribution in [0, 0.1) is 6.92 Å². The van der Waals surface area contributed by atoms with Crippen molar-refractivity contribution in [3.8, 4) is 0 Å². The Hall–Kier alpha value is -1.10. The summed E-state index contributed by atoms with van der Waals surface area (Å²) in [7, 11) is 3.85. The number of nitrogens with zero attached hydrogens (tertiary/aromatic N) is 3. The van der Waals surface area contributed by atoms with Gasteiger partial charge in [0, 0.05) is 39.0 Å². The fourth-order valence-electron chi connectivity index (χ4n) is 2.56. The number of aryl methyl sites for hydroxylation is 2. The molecule has 4 nitrogen and oxygen atoms in total. The zero-order valence-electron chi connectivity index (χ0n) is 13.1. The fourth-order valence-corrected chi connectivity index (χ4v) is 2.73. The van der Waals surface area contributed by atoms with E-state index in [1.807, 2.05) is 0 Å². The van der Waals surface area contributed by atoms with Crippen LogP contribution in [0.15, 0.2) is 18.2 Å². The van der Waals surface area contributed by atoms with Crippen LogP contribution in [0.4, 0.5) is 0 Å². The third kappa shape index (κ3) is 3.96. The molecule has 0 aliphatic heterocycles. The summed E-state index contributed by atoms with van der Waals surface area (Å²) < 4.78 is 7.44. The van der Waals surface area contributed by atoms with Crippen LogP contribution >= 0.6 is 11.6 Å². The maximum Gasteiger partial charge on any atom is 0.111 e. The lowest BCUT2D eigenvalue weighted by Gasteiger charge is -2.18. The van der Waals surface area contributed by atoms with E-state index in [-0.39, 0.29) is 0 Å². The quantitative estimate of drug-likeness (QED) is 0.702. The van der Waals surface area contributed by atoms with Crippen LogP contribution < -0.4 is 0 Å². The average Bonchev–Trinajstić information content (AvgIpc) is 2.82. The van der Waals surface area contributed by atoms with Gasteiger partial charge in [0.15, 0.2) is 0 Å². The Morgan fingerprint density at radius 1 is 1.33 bits per heavy atom. The van der Waals surface area contributed by atoms with Crippen molar-refractivity contribution in [2.75, 3.05) is 39.7 Å². The van der Waals surface area contributed by atoms with Gasteiger partial charge < -0.3 is 14.2 Å². The lowest BCUT2D eigenvalue weighted by Crippen LogP contribution is -2.27. The molecule has 0 atom stereocenters. The van der Waals surface area contributed by atoms with Crippen LogP contribution in [-0.4, -0.2) is 54.2 Å². The van der Waals surface area contributed by atoms with Gasteiger partial charge in [-0.05, 0) is 25.6 Å². The maximum absolute atomic E-state index is 5.93. The van der Waals surface area contributed by atoms with Crippen LogP contribution in [0.5, 0.6) is 0 Å². The molecule has 0 saturated heterocycles. The van der Waals surface area contributed by atoms with E-state index >= 15 is 0 Å². The van der Waals surface area contributed by atoms with E-state index in [2.05, 4.69) is 41.6 Å². The van der Waals surface area contributed by atoms with Crippen LogP contribution in [0.25, 0.3) is 11.0 Å². The van der Waals surface area contributed by atoms with Gasteiger partial charge in [-0.25, -0.2) is 4.98 Å². The summed E-state index contributed by atoms with van der Waals surface area (Å²) in [6.45, 7) is 5.73. The highest BCUT2D eigenvalue weighted by atomic mass is 35.5. The number of halogens is 1. The van der Waals surface area contributed by atoms with Gasteiger partial charge >= 0.3 is 0 Å². The summed E-state index contributed by atoms with van der Waals surface area (Å²) in [4.78, 5) is 7.01. The normalized spacial score (nSPS) is 11.7. The molecule has 2 aromatic rings. The van der Waals surface area contributed by atoms with Crippen LogP contribution in [-0.2, 0) is 17.7 Å². The zero-order valence-corrected chi connectivity index (χ0v) is 13.9. The first-order chi connectivity index (χ1) is 10.2. The van der Waals surface area contributed by atoms with Crippen molar-refractivity contribution in [1.82, 2.24) is 14.5 Å². The second-order valence-corrected chi connectivity index (χ2v) is 5.74. The number of benzene rings is 1. The highest BCUT2D eigenvalue weighted by Gasteiger charge is 2.12. The predicted molar refractivity (Wildman–Crippen MR) is 88.3 cm³/mol. The van der Waals surface area contributed by atoms with E-state index in [4.69, 9.17) is 21.3 Å². The molecule has 0 fully saturated rings. The number of fused-ring (bicyclic) bond motifs is 1. The maximum atomic E-state index is 5.93. The Labute approximate surface area is 131 Å². The molecular weight excluding hydrogens is 286 g/mol. The van der Waals surface area contributed by atoms with Crippen LogP contribution in [0.2, 0.25) is 0 Å². The number of aromatic nitrogens is 2. The molecule has 1 aromatic heterocycles. The SMILES string of the molecule is COCCN(C)CCn1c(CCCl)nc2cccc(C)c21. The molecule has 0 radical (unpaired) electrons. The summed E-state index contributed by atoms with van der Waals surface area (Å²) in [5.74, 6) is 1.68. The smallest absolute Gasteiger partial charge is 0.111 e. The van der Waals surface area contributed by atoms with E-state index in [0.29, 0.717) is 5.88 Å². The van der Waals surface area contributed by atoms with Gasteiger partial charge in [-0.2, -0.15) is 0 Å². The average molecular weight is 310 g/mol. The summed E-state index contributed by atoms with van der Waals surface area (Å²) in [6.07, 6.45) is 0.803. The third-order valence-corrected chi connectivity index (χ3v) is 3.94. The number of hydrogen-bond donors (Lipinski definition) is 0. The van der Waals surface area contributed by atoms with E-state index in [9.17, 15) is 0 Å². The molecule has 0 bridgehead atoms. The Kier molecular flexibility index (Phi) is 6.03. The molecular formula is C16H24ClN3O. The topological polar surface area (TPSA) is 30.3 Å². The van der Waals surface area contributed by atoms with Gasteiger partial charge in [0.2, 0.25) is 0 Å². The fraction of sp³-hybridized carbons (Fsp3) is 0.562. The first-order valence-corrected chi connectivity index (χ1v) is 7.89. The van der Waals surface area contributed by atoms with Crippen molar-refractivity contribution < 1.29 is 4.74 Å². The van der Waals surface area contributed by atoms with Crippen molar-refractivity contribution >= 4 is 22.6 Å². The molecule has 5 heteroatoms. The van der Waals surface area contributed by atoms with E-state index in [0.717, 1.165) is 44.0 Å². The van der Waals surface area contributed by atoms with Gasteiger partial charge in [-0.3, -0.25) is 0 Å². The lowest BCUT2D eigenvalue weighted by molar-refractivity contribution is 0.159. The minimum atomic E-state index is 0.599. The molecule has 21 heavy (non-hydrogen) atoms. The molecule has 0 saturated carbocycles. The molecule has 0 aliphatic carbocycles. The van der Waals surface area contributed by atoms with Gasteiger partial charge in [-0.15, -0.1) is 11.6 Å². The number of ether oxygens (including phenoxy) is 1. The molecule has 0 spiro atoms. The number of imidazole rings is 1. The predicted octanol–water partition coefficient (Wildman–Crippen LogP) is 2.70. The second kappa shape index (κ2) is 7.78. The largest absolute Gasteiger partial charge is 0.383 e. The van der Waals surface area contributed by atoms with Crippen molar-refractivity contribution in [2.45, 2.75) is 19.9 Å². The van der Waals surface area contributed by atoms with E-state index < -0.39 is 0 Å². The van der Waals surface area contributed by atoms with Gasteiger partial charge in [0.25, 0.3) is 0 Å². The molecule has 0 N–H and O–H groups in total. The summed E-state index contributed by atoms with van der Waals surface area (Å²) in [6, 6.07) is 6.27. The third-order valence-electron chi connectivity index (χ3n) is 3.75. The van der Waals surface area contributed by atoms with Crippen molar-refractivity contribution in [3.05, 3.63) is 29.6 Å². The Morgan fingerprint density at radius 2 is 2.14 bits per heavy atom. The number of rotatable bonds is 8. The Balaban J connectivity index is 2.21. The summed E-state index contributed by atoms with van der Waals surface area (Å²) in [5.41, 5.74) is 3.56. The Morgan fingerprint density at radius 3 is 2.86 bits per heavy atom. The molecule has 1 heterocycles. The van der Waals surface area contributed by atoms with Crippen molar-refractivity contribution in [1.29, 1.82) is 0 Å². The van der Waals surface area contributed by atoms with E-state index in [1.54, 1.807) is 7.11 Å². The number of para-hydroxylation sites is 1. The highest BCUT2D eigenvalue weighted by Crippen LogP contribution is 2.20. The number of alkyl halides is 1. The molecule has 2 rings (SSSR count). The van der Waals surface area contributed by atoms with Gasteiger partial charge in [0.1, 0.15) is 5.82 Å². The summed E-state index contributed by atoms with van der Waals surface area (Å²) in [5, 5.41) is 0. The monoisotopic (exact) mass is 309 g/mol. The first-order valence-electron chi connectivity index (χ1n) is 7.35. The first kappa shape index (κ1) is 16.3. The second-order valence-electron chi connectivity index (χ2n) is 5.36. The molecule has 0 unspecified atom stereocenters. The van der Waals surface area contributed by atoms with Crippen molar-refractivity contribution in [2.24, 2.45) is 0 Å². The highest BCUT2D eigenvalue weighted by molar-refractivity contribution is 6.17. The minimum Gasteiger partial charge on any atom is -0.383 e. The van der Waals surface area contributed by atoms with Crippen LogP contribution in [0.1, 0.15) is 11.4 Å². The summed E-state index contributed by atoms with van der Waals surface area (Å²) >= 11 is 5.93.